The molecule has 1 aromatic heterocycles. The molecular weight excluding hydrogens is 252 g/mol. The van der Waals surface area contributed by atoms with E-state index in [0.29, 0.717) is 11.3 Å². The molecule has 0 fully saturated rings. The molecule has 0 saturated carbocycles. The summed E-state index contributed by atoms with van der Waals surface area (Å²) in [5.74, 6) is 5.46. The predicted octanol–water partition coefficient (Wildman–Crippen LogP) is 1.35. The standard InChI is InChI=1S/C15H14N4O/c1-11-4-5-12(3-2-6-16)7-14(11)15(20)19-13-8-17-10-18-9-13/h4-5,7-10H,6,16H2,1H3,(H,19,20). The number of hydrogen-bond acceptors (Lipinski definition) is 4. The molecule has 1 aromatic carbocycles. The van der Waals surface area contributed by atoms with E-state index in [0.717, 1.165) is 11.1 Å². The quantitative estimate of drug-likeness (QED) is 0.804. The third-order valence-electron chi connectivity index (χ3n) is 2.64. The van der Waals surface area contributed by atoms with Crippen LogP contribution in [0.5, 0.6) is 0 Å². The third-order valence-corrected chi connectivity index (χ3v) is 2.64. The number of anilines is 1. The molecule has 0 bridgehead atoms. The molecule has 3 N–H and O–H groups in total. The molecule has 0 aliphatic carbocycles. The van der Waals surface area contributed by atoms with Gasteiger partial charge in [0.05, 0.1) is 24.6 Å². The van der Waals surface area contributed by atoms with E-state index in [1.807, 2.05) is 19.1 Å². The van der Waals surface area contributed by atoms with E-state index in [1.54, 1.807) is 6.07 Å². The van der Waals surface area contributed by atoms with E-state index < -0.39 is 0 Å². The molecule has 1 amide bonds. The van der Waals surface area contributed by atoms with Gasteiger partial charge in [0, 0.05) is 11.1 Å². The van der Waals surface area contributed by atoms with Crippen LogP contribution in [0.3, 0.4) is 0 Å². The van der Waals surface area contributed by atoms with Gasteiger partial charge >= 0.3 is 0 Å². The molecule has 20 heavy (non-hydrogen) atoms. The number of benzene rings is 1. The highest BCUT2D eigenvalue weighted by molar-refractivity contribution is 6.05. The van der Waals surface area contributed by atoms with Crippen molar-refractivity contribution in [2.24, 2.45) is 5.73 Å². The van der Waals surface area contributed by atoms with Gasteiger partial charge < -0.3 is 11.1 Å². The molecule has 0 radical (unpaired) electrons. The Kier molecular flexibility index (Phi) is 4.43. The van der Waals surface area contributed by atoms with Gasteiger partial charge in [0.1, 0.15) is 6.33 Å². The highest BCUT2D eigenvalue weighted by Gasteiger charge is 2.10. The Balaban J connectivity index is 2.25. The molecule has 2 rings (SSSR count). The van der Waals surface area contributed by atoms with Crippen LogP contribution in [0.2, 0.25) is 0 Å². The highest BCUT2D eigenvalue weighted by Crippen LogP contribution is 2.13. The van der Waals surface area contributed by atoms with Crippen molar-refractivity contribution >= 4 is 11.6 Å². The average Bonchev–Trinajstić information content (AvgIpc) is 2.47. The summed E-state index contributed by atoms with van der Waals surface area (Å²) in [5, 5.41) is 2.75. The van der Waals surface area contributed by atoms with Crippen molar-refractivity contribution in [3.63, 3.8) is 0 Å². The van der Waals surface area contributed by atoms with Crippen molar-refractivity contribution in [1.82, 2.24) is 9.97 Å². The van der Waals surface area contributed by atoms with Crippen LogP contribution < -0.4 is 11.1 Å². The second-order valence-electron chi connectivity index (χ2n) is 4.12. The summed E-state index contributed by atoms with van der Waals surface area (Å²) < 4.78 is 0. The van der Waals surface area contributed by atoms with Crippen molar-refractivity contribution < 1.29 is 4.79 Å². The molecule has 0 atom stereocenters. The Morgan fingerprint density at radius 3 is 2.80 bits per heavy atom. The third kappa shape index (κ3) is 3.40. The van der Waals surface area contributed by atoms with Gasteiger partial charge in [-0.2, -0.15) is 0 Å². The Bertz CT molecular complexity index is 671. The molecule has 5 heteroatoms. The number of carbonyl (C=O) groups excluding carboxylic acids is 1. The van der Waals surface area contributed by atoms with Crippen molar-refractivity contribution in [2.75, 3.05) is 11.9 Å². The van der Waals surface area contributed by atoms with Crippen LogP contribution in [0, 0.1) is 18.8 Å². The van der Waals surface area contributed by atoms with Crippen LogP contribution in [0.4, 0.5) is 5.69 Å². The van der Waals surface area contributed by atoms with E-state index in [-0.39, 0.29) is 12.5 Å². The fraction of sp³-hybridized carbons (Fsp3) is 0.133. The van der Waals surface area contributed by atoms with E-state index in [9.17, 15) is 4.79 Å². The van der Waals surface area contributed by atoms with Crippen molar-refractivity contribution in [3.05, 3.63) is 53.6 Å². The van der Waals surface area contributed by atoms with E-state index in [4.69, 9.17) is 5.73 Å². The summed E-state index contributed by atoms with van der Waals surface area (Å²) in [4.78, 5) is 19.9. The summed E-state index contributed by atoms with van der Waals surface area (Å²) in [6.45, 7) is 2.16. The first-order valence-electron chi connectivity index (χ1n) is 6.06. The number of aromatic nitrogens is 2. The van der Waals surface area contributed by atoms with Gasteiger partial charge in [-0.3, -0.25) is 4.79 Å². The average molecular weight is 266 g/mol. The first-order chi connectivity index (χ1) is 9.70. The minimum absolute atomic E-state index is 0.214. The Morgan fingerprint density at radius 1 is 1.35 bits per heavy atom. The molecule has 0 aliphatic rings. The zero-order valence-corrected chi connectivity index (χ0v) is 11.1. The van der Waals surface area contributed by atoms with E-state index >= 15 is 0 Å². The number of aryl methyl sites for hydroxylation is 1. The van der Waals surface area contributed by atoms with Crippen LogP contribution >= 0.6 is 0 Å². The van der Waals surface area contributed by atoms with Crippen molar-refractivity contribution in [2.45, 2.75) is 6.92 Å². The molecule has 0 saturated heterocycles. The Hall–Kier alpha value is -2.71. The highest BCUT2D eigenvalue weighted by atomic mass is 16.1. The number of amides is 1. The molecule has 100 valence electrons. The number of nitrogens with one attached hydrogen (secondary N) is 1. The van der Waals surface area contributed by atoms with Crippen LogP contribution in [-0.4, -0.2) is 22.4 Å². The maximum absolute atomic E-state index is 12.2. The fourth-order valence-electron chi connectivity index (χ4n) is 1.66. The Morgan fingerprint density at radius 2 is 2.10 bits per heavy atom. The number of nitrogens with zero attached hydrogens (tertiary/aromatic N) is 2. The SMILES string of the molecule is Cc1ccc(C#CCN)cc1C(=O)Nc1cncnc1. The maximum atomic E-state index is 12.2. The number of hydrogen-bond donors (Lipinski definition) is 2. The second-order valence-corrected chi connectivity index (χ2v) is 4.12. The van der Waals surface area contributed by atoms with Crippen molar-refractivity contribution in [3.8, 4) is 11.8 Å². The largest absolute Gasteiger partial charge is 0.320 e. The van der Waals surface area contributed by atoms with Gasteiger partial charge in [0.2, 0.25) is 0 Å². The van der Waals surface area contributed by atoms with Gasteiger partial charge in [-0.15, -0.1) is 0 Å². The van der Waals surface area contributed by atoms with E-state index in [1.165, 1.54) is 18.7 Å². The van der Waals surface area contributed by atoms with Crippen LogP contribution in [0.1, 0.15) is 21.5 Å². The summed E-state index contributed by atoms with van der Waals surface area (Å²) in [5.41, 5.74) is 8.09. The van der Waals surface area contributed by atoms with E-state index in [2.05, 4.69) is 27.1 Å². The van der Waals surface area contributed by atoms with Gasteiger partial charge in [-0.05, 0) is 24.6 Å². The van der Waals surface area contributed by atoms with Gasteiger partial charge in [0.15, 0.2) is 0 Å². The molecule has 0 spiro atoms. The van der Waals surface area contributed by atoms with Gasteiger partial charge in [-0.1, -0.05) is 17.9 Å². The molecule has 5 nitrogen and oxygen atoms in total. The lowest BCUT2D eigenvalue weighted by Gasteiger charge is -2.07. The van der Waals surface area contributed by atoms with Gasteiger partial charge in [-0.25, -0.2) is 9.97 Å². The molecule has 1 heterocycles. The summed E-state index contributed by atoms with van der Waals surface area (Å²) in [6, 6.07) is 5.47. The molecule has 0 unspecified atom stereocenters. The van der Waals surface area contributed by atoms with Crippen LogP contribution in [0.25, 0.3) is 0 Å². The van der Waals surface area contributed by atoms with Crippen LogP contribution in [-0.2, 0) is 0 Å². The summed E-state index contributed by atoms with van der Waals surface area (Å²) >= 11 is 0. The summed E-state index contributed by atoms with van der Waals surface area (Å²) in [7, 11) is 0. The number of nitrogens with two attached hydrogens (primary N) is 1. The normalized spacial score (nSPS) is 9.50. The molecule has 0 aliphatic heterocycles. The van der Waals surface area contributed by atoms with Crippen molar-refractivity contribution in [1.29, 1.82) is 0 Å². The minimum Gasteiger partial charge on any atom is -0.320 e. The topological polar surface area (TPSA) is 80.9 Å². The molecular formula is C15H14N4O. The maximum Gasteiger partial charge on any atom is 0.256 e. The zero-order chi connectivity index (χ0) is 14.4. The smallest absolute Gasteiger partial charge is 0.256 e. The first-order valence-corrected chi connectivity index (χ1v) is 6.06. The lowest BCUT2D eigenvalue weighted by molar-refractivity contribution is 0.102. The lowest BCUT2D eigenvalue weighted by Crippen LogP contribution is -2.14. The fourth-order valence-corrected chi connectivity index (χ4v) is 1.66. The number of rotatable bonds is 2. The number of carbonyl (C=O) groups is 1. The zero-order valence-electron chi connectivity index (χ0n) is 11.1. The predicted molar refractivity (Wildman–Crippen MR) is 77.1 cm³/mol. The Labute approximate surface area is 117 Å². The second kappa shape index (κ2) is 6.45. The molecule has 2 aromatic rings. The van der Waals surface area contributed by atoms with Crippen LogP contribution in [0.15, 0.2) is 36.9 Å². The summed E-state index contributed by atoms with van der Waals surface area (Å²) in [6.07, 6.45) is 4.49. The first kappa shape index (κ1) is 13.7. The van der Waals surface area contributed by atoms with Gasteiger partial charge in [0.25, 0.3) is 5.91 Å². The minimum atomic E-state index is -0.214. The monoisotopic (exact) mass is 266 g/mol. The lowest BCUT2D eigenvalue weighted by atomic mass is 10.0.